The number of nitrogens with one attached hydrogen (secondary N) is 2. The third-order valence-corrected chi connectivity index (χ3v) is 5.04. The molecule has 2 aromatic carbocycles. The highest BCUT2D eigenvalue weighted by molar-refractivity contribution is 6.06. The Balaban J connectivity index is 1.70. The zero-order valence-corrected chi connectivity index (χ0v) is 15.8. The summed E-state index contributed by atoms with van der Waals surface area (Å²) in [6.45, 7) is 1.43. The van der Waals surface area contributed by atoms with Crippen molar-refractivity contribution in [1.29, 1.82) is 0 Å². The van der Waals surface area contributed by atoms with Crippen molar-refractivity contribution in [3.63, 3.8) is 0 Å². The predicted molar refractivity (Wildman–Crippen MR) is 108 cm³/mol. The molecule has 6 heteroatoms. The van der Waals surface area contributed by atoms with Gasteiger partial charge in [0.05, 0.1) is 18.5 Å². The molecule has 1 aliphatic rings. The lowest BCUT2D eigenvalue weighted by Gasteiger charge is -2.22. The third kappa shape index (κ3) is 3.77. The fourth-order valence-corrected chi connectivity index (χ4v) is 3.52. The molecule has 0 atom stereocenters. The molecule has 1 fully saturated rings. The van der Waals surface area contributed by atoms with Crippen LogP contribution in [-0.4, -0.2) is 36.4 Å². The highest BCUT2D eigenvalue weighted by Gasteiger charge is 2.25. The summed E-state index contributed by atoms with van der Waals surface area (Å²) in [5.74, 6) is 0.734. The molecule has 0 saturated carbocycles. The summed E-state index contributed by atoms with van der Waals surface area (Å²) >= 11 is 0. The lowest BCUT2D eigenvalue weighted by molar-refractivity contribution is 0.0846. The average molecular weight is 377 g/mol. The summed E-state index contributed by atoms with van der Waals surface area (Å²) in [6.07, 6.45) is 1.80. The first kappa shape index (κ1) is 18.3. The smallest absolute Gasteiger partial charge is 0.255 e. The Kier molecular flexibility index (Phi) is 5.39. The Morgan fingerprint density at radius 3 is 2.68 bits per heavy atom. The molecule has 0 radical (unpaired) electrons. The second-order valence-electron chi connectivity index (χ2n) is 6.80. The number of aromatic nitrogens is 2. The number of aromatic amines is 1. The number of rotatable bonds is 5. The van der Waals surface area contributed by atoms with Gasteiger partial charge in [0.1, 0.15) is 11.4 Å². The van der Waals surface area contributed by atoms with Crippen LogP contribution in [0, 0.1) is 0 Å². The van der Waals surface area contributed by atoms with Gasteiger partial charge in [0.25, 0.3) is 5.91 Å². The summed E-state index contributed by atoms with van der Waals surface area (Å²) in [4.78, 5) is 13.0. The minimum atomic E-state index is -0.189. The van der Waals surface area contributed by atoms with Crippen LogP contribution in [-0.2, 0) is 4.74 Å². The largest absolute Gasteiger partial charge is 0.497 e. The lowest BCUT2D eigenvalue weighted by Crippen LogP contribution is -2.18. The van der Waals surface area contributed by atoms with E-state index in [0.717, 1.165) is 35.5 Å². The highest BCUT2D eigenvalue weighted by Crippen LogP contribution is 2.37. The maximum Gasteiger partial charge on any atom is 0.255 e. The molecule has 3 aromatic rings. The van der Waals surface area contributed by atoms with Gasteiger partial charge in [0.2, 0.25) is 0 Å². The van der Waals surface area contributed by atoms with Crippen molar-refractivity contribution >= 4 is 11.6 Å². The summed E-state index contributed by atoms with van der Waals surface area (Å²) in [7, 11) is 1.59. The monoisotopic (exact) mass is 377 g/mol. The van der Waals surface area contributed by atoms with E-state index in [1.54, 1.807) is 25.3 Å². The van der Waals surface area contributed by atoms with Crippen LogP contribution < -0.4 is 10.1 Å². The molecule has 1 saturated heterocycles. The number of carbonyl (C=O) groups is 1. The number of benzene rings is 2. The van der Waals surface area contributed by atoms with E-state index in [0.29, 0.717) is 24.5 Å². The molecular weight excluding hydrogens is 354 g/mol. The first-order valence-electron chi connectivity index (χ1n) is 9.43. The molecule has 0 unspecified atom stereocenters. The normalized spacial score (nSPS) is 14.6. The molecule has 0 bridgehead atoms. The van der Waals surface area contributed by atoms with E-state index in [-0.39, 0.29) is 11.8 Å². The van der Waals surface area contributed by atoms with Crippen LogP contribution in [0.2, 0.25) is 0 Å². The average Bonchev–Trinajstić information content (AvgIpc) is 3.18. The van der Waals surface area contributed by atoms with E-state index in [1.165, 1.54) is 0 Å². The number of amides is 1. The highest BCUT2D eigenvalue weighted by atomic mass is 16.5. The van der Waals surface area contributed by atoms with Crippen LogP contribution in [0.5, 0.6) is 5.75 Å². The van der Waals surface area contributed by atoms with Gasteiger partial charge >= 0.3 is 0 Å². The molecule has 144 valence electrons. The van der Waals surface area contributed by atoms with Gasteiger partial charge in [0.15, 0.2) is 0 Å². The Hall–Kier alpha value is -3.12. The first-order valence-corrected chi connectivity index (χ1v) is 9.43. The van der Waals surface area contributed by atoms with Crippen molar-refractivity contribution in [3.05, 3.63) is 65.9 Å². The van der Waals surface area contributed by atoms with Crippen LogP contribution in [0.25, 0.3) is 11.3 Å². The minimum absolute atomic E-state index is 0.189. The van der Waals surface area contributed by atoms with Crippen molar-refractivity contribution in [2.24, 2.45) is 0 Å². The first-order chi connectivity index (χ1) is 13.8. The molecule has 6 nitrogen and oxygen atoms in total. The molecule has 4 rings (SSSR count). The number of hydrogen-bond donors (Lipinski definition) is 2. The zero-order valence-electron chi connectivity index (χ0n) is 15.8. The second kappa shape index (κ2) is 8.27. The van der Waals surface area contributed by atoms with Crippen molar-refractivity contribution in [1.82, 2.24) is 10.2 Å². The van der Waals surface area contributed by atoms with E-state index in [1.807, 2.05) is 36.4 Å². The molecule has 28 heavy (non-hydrogen) atoms. The fourth-order valence-electron chi connectivity index (χ4n) is 3.52. The molecule has 0 spiro atoms. The zero-order chi connectivity index (χ0) is 19.3. The van der Waals surface area contributed by atoms with Crippen LogP contribution in [0.15, 0.2) is 54.6 Å². The lowest BCUT2D eigenvalue weighted by atomic mass is 9.94. The van der Waals surface area contributed by atoms with Crippen molar-refractivity contribution in [2.75, 3.05) is 25.6 Å². The van der Waals surface area contributed by atoms with Gasteiger partial charge in [-0.15, -0.1) is 0 Å². The SMILES string of the molecule is COc1cccc(C(=O)Nc2c(-c3ccccc3)n[nH]c2C2CCOCC2)c1. The number of anilines is 1. The predicted octanol–water partition coefficient (Wildman–Crippen LogP) is 4.23. The Labute approximate surface area is 163 Å². The van der Waals surface area contributed by atoms with Crippen LogP contribution in [0.4, 0.5) is 5.69 Å². The van der Waals surface area contributed by atoms with E-state index in [9.17, 15) is 4.79 Å². The van der Waals surface area contributed by atoms with Crippen molar-refractivity contribution in [2.45, 2.75) is 18.8 Å². The minimum Gasteiger partial charge on any atom is -0.497 e. The molecule has 2 heterocycles. The summed E-state index contributed by atoms with van der Waals surface area (Å²) in [5.41, 5.74) is 3.94. The topological polar surface area (TPSA) is 76.2 Å². The molecule has 1 aromatic heterocycles. The van der Waals surface area contributed by atoms with Crippen LogP contribution in [0.1, 0.15) is 34.8 Å². The van der Waals surface area contributed by atoms with E-state index in [2.05, 4.69) is 15.5 Å². The van der Waals surface area contributed by atoms with Crippen molar-refractivity contribution < 1.29 is 14.3 Å². The summed E-state index contributed by atoms with van der Waals surface area (Å²) in [5, 5.41) is 10.8. The molecular formula is C22H23N3O3. The van der Waals surface area contributed by atoms with Gasteiger partial charge in [-0.25, -0.2) is 0 Å². The summed E-state index contributed by atoms with van der Waals surface area (Å²) in [6, 6.07) is 17.0. The molecule has 1 amide bonds. The Bertz CT molecular complexity index is 947. The number of H-pyrrole nitrogens is 1. The van der Waals surface area contributed by atoms with Gasteiger partial charge in [-0.05, 0) is 31.0 Å². The molecule has 0 aliphatic carbocycles. The maximum atomic E-state index is 13.0. The Morgan fingerprint density at radius 2 is 1.93 bits per heavy atom. The van der Waals surface area contributed by atoms with E-state index >= 15 is 0 Å². The third-order valence-electron chi connectivity index (χ3n) is 5.04. The fraction of sp³-hybridized carbons (Fsp3) is 0.273. The van der Waals surface area contributed by atoms with Gasteiger partial charge < -0.3 is 14.8 Å². The standard InChI is InChI=1S/C22H23N3O3/c1-27-18-9-5-8-17(14-18)22(26)23-21-19(15-6-3-2-4-7-15)24-25-20(21)16-10-12-28-13-11-16/h2-9,14,16H,10-13H2,1H3,(H,23,26)(H,24,25). The molecule has 1 aliphatic heterocycles. The van der Waals surface area contributed by atoms with Gasteiger partial charge in [-0.1, -0.05) is 36.4 Å². The summed E-state index contributed by atoms with van der Waals surface area (Å²) < 4.78 is 10.7. The number of hydrogen-bond acceptors (Lipinski definition) is 4. The van der Waals surface area contributed by atoms with Gasteiger partial charge in [0, 0.05) is 30.3 Å². The second-order valence-corrected chi connectivity index (χ2v) is 6.80. The quantitative estimate of drug-likeness (QED) is 0.698. The van der Waals surface area contributed by atoms with Crippen molar-refractivity contribution in [3.8, 4) is 17.0 Å². The van der Waals surface area contributed by atoms with Gasteiger partial charge in [-0.3, -0.25) is 9.89 Å². The van der Waals surface area contributed by atoms with E-state index in [4.69, 9.17) is 9.47 Å². The maximum absolute atomic E-state index is 13.0. The van der Waals surface area contributed by atoms with Crippen LogP contribution in [0.3, 0.4) is 0 Å². The van der Waals surface area contributed by atoms with Gasteiger partial charge in [-0.2, -0.15) is 5.10 Å². The van der Waals surface area contributed by atoms with Crippen LogP contribution >= 0.6 is 0 Å². The molecule has 2 N–H and O–H groups in total. The number of nitrogens with zero attached hydrogens (tertiary/aromatic N) is 1. The number of methoxy groups -OCH3 is 1. The number of ether oxygens (including phenoxy) is 2. The Morgan fingerprint density at radius 1 is 1.14 bits per heavy atom. The number of carbonyl (C=O) groups excluding carboxylic acids is 1. The van der Waals surface area contributed by atoms with E-state index < -0.39 is 0 Å².